The van der Waals surface area contributed by atoms with Crippen molar-refractivity contribution >= 4 is 21.8 Å². The first-order valence-corrected chi connectivity index (χ1v) is 6.90. The number of nitrogens with one attached hydrogen (secondary N) is 1. The van der Waals surface area contributed by atoms with E-state index in [1.807, 2.05) is 26.0 Å². The maximum Gasteiger partial charge on any atom is 0.236 e. The molecule has 0 aromatic rings. The Kier molecular flexibility index (Phi) is 9.36. The van der Waals surface area contributed by atoms with Crippen LogP contribution in [0.15, 0.2) is 25.3 Å². The molecule has 112 valence electrons. The van der Waals surface area contributed by atoms with E-state index in [9.17, 15) is 4.79 Å². The molecule has 0 aliphatic heterocycles. The summed E-state index contributed by atoms with van der Waals surface area (Å²) >= 11 is 3.36. The van der Waals surface area contributed by atoms with Crippen LogP contribution in [0.3, 0.4) is 0 Å². The van der Waals surface area contributed by atoms with Crippen LogP contribution < -0.4 is 5.32 Å². The quantitative estimate of drug-likeness (QED) is 0.580. The molecule has 1 rings (SSSR count). The summed E-state index contributed by atoms with van der Waals surface area (Å²) in [5.41, 5.74) is 0. The molecule has 2 nitrogen and oxygen atoms in total. The first-order valence-electron chi connectivity index (χ1n) is 6.10. The van der Waals surface area contributed by atoms with Gasteiger partial charge in [0.15, 0.2) is 0 Å². The van der Waals surface area contributed by atoms with Crippen molar-refractivity contribution in [2.24, 2.45) is 17.8 Å². The number of halogens is 1. The molecule has 3 atom stereocenters. The molecular formula is C16H30BrNO. The van der Waals surface area contributed by atoms with Crippen LogP contribution in [0.4, 0.5) is 0 Å². The Hall–Kier alpha value is -0.570. The SMILES string of the molecule is C.C.C=CC1CC(C=C)C(CNC(=O)C(C)(C)Br)C1. The van der Waals surface area contributed by atoms with Crippen molar-refractivity contribution in [2.75, 3.05) is 6.54 Å². The van der Waals surface area contributed by atoms with Crippen molar-refractivity contribution < 1.29 is 4.79 Å². The van der Waals surface area contributed by atoms with E-state index in [4.69, 9.17) is 0 Å². The molecule has 1 aliphatic carbocycles. The summed E-state index contributed by atoms with van der Waals surface area (Å²) in [7, 11) is 0. The minimum atomic E-state index is -0.493. The molecule has 19 heavy (non-hydrogen) atoms. The average Bonchev–Trinajstić information content (AvgIpc) is 2.66. The number of carbonyl (C=O) groups is 1. The van der Waals surface area contributed by atoms with Gasteiger partial charge >= 0.3 is 0 Å². The zero-order valence-electron chi connectivity index (χ0n) is 10.7. The van der Waals surface area contributed by atoms with Crippen LogP contribution in [0.5, 0.6) is 0 Å². The van der Waals surface area contributed by atoms with E-state index in [-0.39, 0.29) is 20.8 Å². The van der Waals surface area contributed by atoms with Crippen molar-refractivity contribution in [2.45, 2.75) is 45.9 Å². The van der Waals surface area contributed by atoms with E-state index in [1.54, 1.807) is 0 Å². The summed E-state index contributed by atoms with van der Waals surface area (Å²) in [6.07, 6.45) is 6.25. The Bertz CT molecular complexity index is 306. The molecular weight excluding hydrogens is 302 g/mol. The van der Waals surface area contributed by atoms with Gasteiger partial charge in [0.25, 0.3) is 0 Å². The van der Waals surface area contributed by atoms with Crippen LogP contribution in [-0.2, 0) is 4.79 Å². The minimum Gasteiger partial charge on any atom is -0.355 e. The van der Waals surface area contributed by atoms with Gasteiger partial charge in [-0.25, -0.2) is 0 Å². The average molecular weight is 332 g/mol. The molecule has 0 aromatic heterocycles. The highest BCUT2D eigenvalue weighted by atomic mass is 79.9. The van der Waals surface area contributed by atoms with Gasteiger partial charge in [0, 0.05) is 6.54 Å². The number of hydrogen-bond donors (Lipinski definition) is 1. The molecule has 3 heteroatoms. The van der Waals surface area contributed by atoms with Crippen molar-refractivity contribution in [3.63, 3.8) is 0 Å². The lowest BCUT2D eigenvalue weighted by Crippen LogP contribution is -2.40. The number of rotatable bonds is 5. The lowest BCUT2D eigenvalue weighted by molar-refractivity contribution is -0.122. The van der Waals surface area contributed by atoms with E-state index in [2.05, 4.69) is 34.4 Å². The van der Waals surface area contributed by atoms with Crippen LogP contribution >= 0.6 is 15.9 Å². The monoisotopic (exact) mass is 331 g/mol. The Labute approximate surface area is 127 Å². The Morgan fingerprint density at radius 2 is 1.89 bits per heavy atom. The highest BCUT2D eigenvalue weighted by molar-refractivity contribution is 9.10. The Morgan fingerprint density at radius 3 is 2.32 bits per heavy atom. The Balaban J connectivity index is 0. The number of hydrogen-bond acceptors (Lipinski definition) is 1. The predicted octanol–water partition coefficient (Wildman–Crippen LogP) is 4.56. The van der Waals surface area contributed by atoms with Gasteiger partial charge in [-0.1, -0.05) is 42.9 Å². The van der Waals surface area contributed by atoms with Crippen molar-refractivity contribution in [1.82, 2.24) is 5.32 Å². The van der Waals surface area contributed by atoms with Gasteiger partial charge in [-0.2, -0.15) is 0 Å². The first-order chi connectivity index (χ1) is 7.88. The lowest BCUT2D eigenvalue weighted by atomic mass is 9.96. The van der Waals surface area contributed by atoms with E-state index < -0.39 is 4.32 Å². The molecule has 3 unspecified atom stereocenters. The van der Waals surface area contributed by atoms with Gasteiger partial charge in [0.1, 0.15) is 0 Å². The molecule has 1 N–H and O–H groups in total. The molecule has 0 saturated heterocycles. The summed E-state index contributed by atoms with van der Waals surface area (Å²) in [6, 6.07) is 0. The maximum absolute atomic E-state index is 11.8. The minimum absolute atomic E-state index is 0. The fraction of sp³-hybridized carbons (Fsp3) is 0.688. The number of allylic oxidation sites excluding steroid dienone is 2. The van der Waals surface area contributed by atoms with Gasteiger partial charge in [0.05, 0.1) is 4.32 Å². The molecule has 1 fully saturated rings. The van der Waals surface area contributed by atoms with E-state index in [1.165, 1.54) is 0 Å². The molecule has 1 aliphatic rings. The van der Waals surface area contributed by atoms with Crippen LogP contribution in [-0.4, -0.2) is 16.8 Å². The molecule has 0 heterocycles. The van der Waals surface area contributed by atoms with E-state index in [0.717, 1.165) is 19.4 Å². The smallest absolute Gasteiger partial charge is 0.236 e. The third-order valence-electron chi connectivity index (χ3n) is 3.49. The summed E-state index contributed by atoms with van der Waals surface area (Å²) in [5, 5.41) is 3.01. The fourth-order valence-corrected chi connectivity index (χ4v) is 2.49. The maximum atomic E-state index is 11.8. The first kappa shape index (κ1) is 20.7. The fourth-order valence-electron chi connectivity index (χ4n) is 2.35. The summed E-state index contributed by atoms with van der Waals surface area (Å²) in [6.45, 7) is 12.2. The molecule has 1 saturated carbocycles. The molecule has 0 bridgehead atoms. The van der Waals surface area contributed by atoms with Gasteiger partial charge in [-0.05, 0) is 44.4 Å². The molecule has 1 amide bonds. The normalized spacial score (nSPS) is 25.7. The summed E-state index contributed by atoms with van der Waals surface area (Å²) in [4.78, 5) is 11.8. The van der Waals surface area contributed by atoms with Crippen LogP contribution in [0.25, 0.3) is 0 Å². The Morgan fingerprint density at radius 1 is 1.32 bits per heavy atom. The second-order valence-corrected chi connectivity index (χ2v) is 7.29. The topological polar surface area (TPSA) is 29.1 Å². The van der Waals surface area contributed by atoms with Gasteiger partial charge in [0.2, 0.25) is 5.91 Å². The van der Waals surface area contributed by atoms with Crippen molar-refractivity contribution in [3.05, 3.63) is 25.3 Å². The summed E-state index contributed by atoms with van der Waals surface area (Å²) in [5.74, 6) is 1.60. The van der Waals surface area contributed by atoms with Crippen LogP contribution in [0.1, 0.15) is 41.5 Å². The number of alkyl halides is 1. The number of amides is 1. The highest BCUT2D eigenvalue weighted by Gasteiger charge is 2.32. The molecule has 0 aromatic carbocycles. The lowest BCUT2D eigenvalue weighted by Gasteiger charge is -2.20. The second-order valence-electron chi connectivity index (χ2n) is 5.31. The summed E-state index contributed by atoms with van der Waals surface area (Å²) < 4.78 is -0.493. The molecule has 0 spiro atoms. The zero-order chi connectivity index (χ0) is 13.1. The largest absolute Gasteiger partial charge is 0.355 e. The standard InChI is InChI=1S/C14H22BrNO.2CH4/c1-5-10-7-11(6-2)12(8-10)9-16-13(17)14(3,4)15;;/h5-6,10-12H,1-2,7-9H2,3-4H3,(H,16,17);2*1H4. The van der Waals surface area contributed by atoms with Crippen molar-refractivity contribution in [1.29, 1.82) is 0 Å². The van der Waals surface area contributed by atoms with Gasteiger partial charge < -0.3 is 5.32 Å². The van der Waals surface area contributed by atoms with E-state index in [0.29, 0.717) is 17.8 Å². The second kappa shape index (κ2) is 8.57. The van der Waals surface area contributed by atoms with Gasteiger partial charge in [-0.3, -0.25) is 4.79 Å². The van der Waals surface area contributed by atoms with Crippen LogP contribution in [0, 0.1) is 17.8 Å². The zero-order valence-corrected chi connectivity index (χ0v) is 12.3. The highest BCUT2D eigenvalue weighted by Crippen LogP contribution is 2.37. The molecule has 0 radical (unpaired) electrons. The van der Waals surface area contributed by atoms with Crippen molar-refractivity contribution in [3.8, 4) is 0 Å². The third-order valence-corrected chi connectivity index (χ3v) is 3.85. The van der Waals surface area contributed by atoms with E-state index >= 15 is 0 Å². The third kappa shape index (κ3) is 5.94. The van der Waals surface area contributed by atoms with Crippen LogP contribution in [0.2, 0.25) is 0 Å². The predicted molar refractivity (Wildman–Crippen MR) is 89.6 cm³/mol. The number of carbonyl (C=O) groups excluding carboxylic acids is 1. The van der Waals surface area contributed by atoms with Gasteiger partial charge in [-0.15, -0.1) is 13.2 Å².